The summed E-state index contributed by atoms with van der Waals surface area (Å²) in [6.07, 6.45) is 3.77. The first-order valence-corrected chi connectivity index (χ1v) is 28.6. The molecule has 386 valence electrons. The van der Waals surface area contributed by atoms with E-state index in [-0.39, 0.29) is 17.5 Å². The Labute approximate surface area is 432 Å². The molecular weight excluding hydrogens is 1020 g/mol. The van der Waals surface area contributed by atoms with Crippen molar-refractivity contribution in [2.75, 3.05) is 71.4 Å². The molecule has 3 aliphatic heterocycles. The maximum Gasteiger partial charge on any atom is 0.501 e. The average molecular weight is 1080 g/mol. The molecule has 1 aromatic heterocycles. The van der Waals surface area contributed by atoms with Crippen molar-refractivity contribution in [1.82, 2.24) is 9.47 Å². The molecule has 6 aromatic rings. The summed E-state index contributed by atoms with van der Waals surface area (Å²) in [4.78, 5) is 18.5. The second kappa shape index (κ2) is 22.0. The first-order chi connectivity index (χ1) is 34.9. The molecule has 1 atom stereocenters. The van der Waals surface area contributed by atoms with Crippen molar-refractivity contribution in [3.8, 4) is 22.4 Å². The lowest BCUT2D eigenvalue weighted by Gasteiger charge is -2.37. The number of anilines is 4. The number of rotatable bonds is 17. The summed E-state index contributed by atoms with van der Waals surface area (Å²) < 4.78 is 101. The van der Waals surface area contributed by atoms with Crippen molar-refractivity contribution < 1.29 is 45.0 Å². The largest absolute Gasteiger partial charge is 0.501 e. The zero-order valence-electron chi connectivity index (χ0n) is 39.8. The second-order valence-corrected chi connectivity index (χ2v) is 23.7. The summed E-state index contributed by atoms with van der Waals surface area (Å²) in [5.74, 6) is -0.597. The minimum atomic E-state index is -6.03. The van der Waals surface area contributed by atoms with Gasteiger partial charge in [0.25, 0.3) is 19.9 Å². The number of benzene rings is 5. The smallest absolute Gasteiger partial charge is 0.478 e. The number of piperidine rings is 1. The highest BCUT2D eigenvalue weighted by Crippen LogP contribution is 2.43. The third-order valence-electron chi connectivity index (χ3n) is 13.8. The fraction of sp³-hybridized carbons (Fsp3) is 0.340. The van der Waals surface area contributed by atoms with Crippen molar-refractivity contribution in [3.63, 3.8) is 0 Å². The Morgan fingerprint density at radius 2 is 1.45 bits per heavy atom. The maximum absolute atomic E-state index is 14.3. The van der Waals surface area contributed by atoms with Crippen LogP contribution in [0.2, 0.25) is 5.02 Å². The van der Waals surface area contributed by atoms with Crippen LogP contribution >= 0.6 is 23.4 Å². The monoisotopic (exact) mass is 1080 g/mol. The third-order valence-corrected chi connectivity index (χ3v) is 18.1. The van der Waals surface area contributed by atoms with Gasteiger partial charge in [-0.3, -0.25) is 4.72 Å². The molecule has 0 radical (unpaired) electrons. The van der Waals surface area contributed by atoms with Crippen LogP contribution in [0.25, 0.3) is 22.4 Å². The van der Waals surface area contributed by atoms with Gasteiger partial charge in [-0.2, -0.15) is 13.2 Å². The van der Waals surface area contributed by atoms with E-state index in [2.05, 4.69) is 29.3 Å². The number of hydrogen-bond acceptors (Lipinski definition) is 11. The molecule has 4 heterocycles. The number of alkyl halides is 3. The predicted octanol–water partition coefficient (Wildman–Crippen LogP) is 10.4. The molecule has 0 aliphatic carbocycles. The van der Waals surface area contributed by atoms with Crippen LogP contribution in [0.3, 0.4) is 0 Å². The number of sulfone groups is 1. The molecule has 73 heavy (non-hydrogen) atoms. The molecule has 9 rings (SSSR count). The highest BCUT2D eigenvalue weighted by atomic mass is 35.5. The molecule has 20 heteroatoms. The highest BCUT2D eigenvalue weighted by molar-refractivity contribution is 7.99. The molecule has 5 aromatic carbocycles. The first kappa shape index (κ1) is 52.2. The van der Waals surface area contributed by atoms with E-state index in [0.717, 1.165) is 70.3 Å². The van der Waals surface area contributed by atoms with Gasteiger partial charge in [0.2, 0.25) is 0 Å². The Hall–Kier alpha value is -5.70. The number of aliphatic hydroxyl groups excluding tert-OH is 1. The summed E-state index contributed by atoms with van der Waals surface area (Å²) in [5.41, 5.74) is 0.174. The van der Waals surface area contributed by atoms with Crippen molar-refractivity contribution in [2.24, 2.45) is 0 Å². The van der Waals surface area contributed by atoms with Crippen LogP contribution in [-0.4, -0.2) is 112 Å². The van der Waals surface area contributed by atoms with Crippen molar-refractivity contribution in [2.45, 2.75) is 77.4 Å². The van der Waals surface area contributed by atoms with Crippen LogP contribution in [0.15, 0.2) is 136 Å². The summed E-state index contributed by atoms with van der Waals surface area (Å²) in [6.45, 7) is 5.03. The van der Waals surface area contributed by atoms with Gasteiger partial charge in [0, 0.05) is 102 Å². The van der Waals surface area contributed by atoms with Crippen LogP contribution in [0.1, 0.15) is 48.2 Å². The van der Waals surface area contributed by atoms with Gasteiger partial charge in [-0.25, -0.2) is 21.6 Å². The van der Waals surface area contributed by atoms with Crippen LogP contribution in [0.5, 0.6) is 0 Å². The SMILES string of the molecule is O=C(O)c1c(-c2cccc(N3CCN(c4ccc(NS(=O)(=O)c5ccc(NC(CCN6CCC(O)CC6)CSc6ccccc6)c(S(=O)(=O)C(F)(F)F)c5)cc4)CC3)c2)c(-c2ccc(Cl)cc2)n2c1CCCC2. The number of halogens is 4. The lowest BCUT2D eigenvalue weighted by Crippen LogP contribution is -2.46. The molecule has 0 spiro atoms. The molecule has 3 aliphatic rings. The number of aromatic nitrogens is 1. The summed E-state index contributed by atoms with van der Waals surface area (Å²) in [7, 11) is -10.6. The Morgan fingerprint density at radius 3 is 2.12 bits per heavy atom. The molecule has 0 saturated carbocycles. The van der Waals surface area contributed by atoms with Gasteiger partial charge in [0.05, 0.1) is 27.9 Å². The number of carboxylic acids is 1. The third kappa shape index (κ3) is 11.8. The number of fused-ring (bicyclic) bond motifs is 1. The zero-order valence-corrected chi connectivity index (χ0v) is 43.0. The van der Waals surface area contributed by atoms with Gasteiger partial charge >= 0.3 is 11.5 Å². The second-order valence-electron chi connectivity index (χ2n) is 18.6. The molecule has 0 bridgehead atoms. The summed E-state index contributed by atoms with van der Waals surface area (Å²) in [5, 5.41) is 24.2. The normalized spacial score (nSPS) is 16.5. The highest BCUT2D eigenvalue weighted by Gasteiger charge is 2.48. The van der Waals surface area contributed by atoms with Gasteiger partial charge in [-0.15, -0.1) is 11.8 Å². The number of piperazine rings is 1. The number of aliphatic hydroxyl groups is 1. The van der Waals surface area contributed by atoms with E-state index in [4.69, 9.17) is 11.6 Å². The maximum atomic E-state index is 14.3. The molecule has 13 nitrogen and oxygen atoms in total. The molecule has 1 unspecified atom stereocenters. The fourth-order valence-electron chi connectivity index (χ4n) is 9.94. The first-order valence-electron chi connectivity index (χ1n) is 24.2. The van der Waals surface area contributed by atoms with Gasteiger partial charge < -0.3 is 34.8 Å². The van der Waals surface area contributed by atoms with Gasteiger partial charge in [0.15, 0.2) is 0 Å². The molecule has 2 saturated heterocycles. The number of carbonyl (C=O) groups is 1. The average Bonchev–Trinajstić information content (AvgIpc) is 3.74. The minimum absolute atomic E-state index is 0.121. The number of aromatic carboxylic acids is 1. The Balaban J connectivity index is 0.891. The zero-order chi connectivity index (χ0) is 51.5. The lowest BCUT2D eigenvalue weighted by molar-refractivity contribution is -0.0436. The Kier molecular flexibility index (Phi) is 15.7. The van der Waals surface area contributed by atoms with Crippen LogP contribution < -0.4 is 19.8 Å². The minimum Gasteiger partial charge on any atom is -0.478 e. The van der Waals surface area contributed by atoms with Crippen LogP contribution in [0, 0.1) is 0 Å². The Bertz CT molecular complexity index is 3150. The Morgan fingerprint density at radius 1 is 0.767 bits per heavy atom. The van der Waals surface area contributed by atoms with Crippen LogP contribution in [0.4, 0.5) is 35.9 Å². The van der Waals surface area contributed by atoms with Crippen molar-refractivity contribution in [1.29, 1.82) is 0 Å². The van der Waals surface area contributed by atoms with E-state index in [0.29, 0.717) is 99.5 Å². The van der Waals surface area contributed by atoms with Crippen molar-refractivity contribution in [3.05, 3.63) is 138 Å². The molecule has 0 amide bonds. The van der Waals surface area contributed by atoms with Gasteiger partial charge in [0.1, 0.15) is 4.90 Å². The fourth-order valence-corrected chi connectivity index (χ4v) is 13.2. The number of sulfonamides is 1. The number of nitrogens with one attached hydrogen (secondary N) is 2. The quantitative estimate of drug-likeness (QED) is 0.0640. The van der Waals surface area contributed by atoms with E-state index in [1.165, 1.54) is 11.8 Å². The lowest BCUT2D eigenvalue weighted by atomic mass is 9.95. The van der Waals surface area contributed by atoms with E-state index >= 15 is 0 Å². The van der Waals surface area contributed by atoms with Crippen molar-refractivity contribution >= 4 is 71.9 Å². The molecular formula is C53H56ClF3N6O7S3. The van der Waals surface area contributed by atoms with E-state index < -0.39 is 47.2 Å². The number of hydrogen-bond donors (Lipinski definition) is 4. The summed E-state index contributed by atoms with van der Waals surface area (Å²) in [6, 6.07) is 33.6. The topological polar surface area (TPSA) is 165 Å². The van der Waals surface area contributed by atoms with E-state index in [1.54, 1.807) is 24.3 Å². The van der Waals surface area contributed by atoms with Gasteiger partial charge in [-0.1, -0.05) is 54.1 Å². The van der Waals surface area contributed by atoms with Gasteiger partial charge in [-0.05, 0) is 129 Å². The molecule has 2 fully saturated rings. The van der Waals surface area contributed by atoms with E-state index in [1.807, 2.05) is 78.9 Å². The number of likely N-dealkylation sites (tertiary alicyclic amines) is 1. The summed E-state index contributed by atoms with van der Waals surface area (Å²) >= 11 is 7.71. The molecule has 4 N–H and O–H groups in total. The predicted molar refractivity (Wildman–Crippen MR) is 282 cm³/mol. The number of nitrogens with zero attached hydrogens (tertiary/aromatic N) is 4. The number of carboxylic acid groups (broad SMARTS) is 1. The standard InChI is InChI=1S/C53H56ClF3N6O7S3/c54-38-14-12-36(13-15-38)51-49(50(52(65)66)47-11-4-5-25-63(47)51)37-7-6-8-42(33-37)62-31-29-61(30-32-62)41-18-16-39(17-19-41)59-73(69,70)45-20-21-46(48(34-45)72(67,68)53(55,56)57)58-40(35-71-44-9-2-1-3-10-44)22-26-60-27-23-43(64)24-28-60/h1-3,6-10,12-21,33-34,40,43,58-59,64H,4-5,11,22-32,35H2,(H,65,66). The number of thioether (sulfide) groups is 1. The van der Waals surface area contributed by atoms with Crippen LogP contribution in [-0.2, 0) is 32.8 Å². The van der Waals surface area contributed by atoms with E-state index in [9.17, 15) is 45.0 Å².